The summed E-state index contributed by atoms with van der Waals surface area (Å²) in [5, 5.41) is 15.3. The molecule has 5 rings (SSSR count). The first kappa shape index (κ1) is 24.9. The molecule has 0 saturated carbocycles. The second kappa shape index (κ2) is 10.7. The molecular weight excluding hydrogens is 470 g/mol. The summed E-state index contributed by atoms with van der Waals surface area (Å²) in [6, 6.07) is 26.7. The van der Waals surface area contributed by atoms with Gasteiger partial charge < -0.3 is 15.3 Å². The molecule has 0 spiro atoms. The number of benzene rings is 4. The highest BCUT2D eigenvalue weighted by atomic mass is 19.1. The van der Waals surface area contributed by atoms with Crippen molar-refractivity contribution in [1.82, 2.24) is 5.32 Å². The molecule has 1 heterocycles. The zero-order chi connectivity index (χ0) is 25.9. The van der Waals surface area contributed by atoms with Crippen molar-refractivity contribution in [3.8, 4) is 0 Å². The molecule has 6 heteroatoms. The number of halogens is 2. The molecule has 2 N–H and O–H groups in total. The lowest BCUT2D eigenvalue weighted by Gasteiger charge is -2.41. The average molecular weight is 501 g/mol. The summed E-state index contributed by atoms with van der Waals surface area (Å²) >= 11 is 0. The molecule has 4 aromatic carbocycles. The van der Waals surface area contributed by atoms with Crippen molar-refractivity contribution >= 4 is 22.4 Å². The van der Waals surface area contributed by atoms with E-state index in [-0.39, 0.29) is 29.1 Å². The maximum atomic E-state index is 14.9. The van der Waals surface area contributed by atoms with Crippen molar-refractivity contribution in [2.45, 2.75) is 25.3 Å². The van der Waals surface area contributed by atoms with Crippen LogP contribution in [0.5, 0.6) is 0 Å². The van der Waals surface area contributed by atoms with Gasteiger partial charge in [-0.25, -0.2) is 13.6 Å². The van der Waals surface area contributed by atoms with Crippen LogP contribution in [0.25, 0.3) is 10.8 Å². The quantitative estimate of drug-likeness (QED) is 0.294. The van der Waals surface area contributed by atoms with Gasteiger partial charge in [0.15, 0.2) is 0 Å². The van der Waals surface area contributed by atoms with Crippen molar-refractivity contribution in [2.24, 2.45) is 5.92 Å². The second-order valence-corrected chi connectivity index (χ2v) is 9.80. The molecule has 0 aliphatic carbocycles. The van der Waals surface area contributed by atoms with Crippen LogP contribution in [0.15, 0.2) is 84.9 Å². The van der Waals surface area contributed by atoms with Gasteiger partial charge in [0.25, 0.3) is 0 Å². The third-order valence-corrected chi connectivity index (χ3v) is 7.54. The van der Waals surface area contributed by atoms with E-state index < -0.39 is 17.6 Å². The van der Waals surface area contributed by atoms with E-state index in [9.17, 15) is 13.6 Å². The summed E-state index contributed by atoms with van der Waals surface area (Å²) in [5.74, 6) is -2.71. The third-order valence-electron chi connectivity index (χ3n) is 7.54. The first-order valence-electron chi connectivity index (χ1n) is 12.7. The molecule has 37 heavy (non-hydrogen) atoms. The van der Waals surface area contributed by atoms with Crippen LogP contribution in [0.1, 0.15) is 46.8 Å². The molecule has 0 bridgehead atoms. The maximum Gasteiger partial charge on any atom is 0.335 e. The van der Waals surface area contributed by atoms with E-state index in [1.807, 2.05) is 24.3 Å². The van der Waals surface area contributed by atoms with Gasteiger partial charge in [0.2, 0.25) is 0 Å². The summed E-state index contributed by atoms with van der Waals surface area (Å²) in [6.45, 7) is 3.86. The second-order valence-electron chi connectivity index (χ2n) is 9.80. The summed E-state index contributed by atoms with van der Waals surface area (Å²) in [4.78, 5) is 12.9. The Hall–Kier alpha value is -3.77. The van der Waals surface area contributed by atoms with E-state index >= 15 is 0 Å². The number of hydrogen-bond acceptors (Lipinski definition) is 3. The summed E-state index contributed by atoms with van der Waals surface area (Å²) in [6.07, 6.45) is 0.744. The molecule has 0 aromatic heterocycles. The lowest BCUT2D eigenvalue weighted by Crippen LogP contribution is -2.43. The largest absolute Gasteiger partial charge is 0.478 e. The molecule has 2 unspecified atom stereocenters. The van der Waals surface area contributed by atoms with Gasteiger partial charge in [-0.2, -0.15) is 0 Å². The van der Waals surface area contributed by atoms with Gasteiger partial charge in [0, 0.05) is 25.0 Å². The Kier molecular flexibility index (Phi) is 7.19. The van der Waals surface area contributed by atoms with Crippen LogP contribution in [0, 0.1) is 17.6 Å². The van der Waals surface area contributed by atoms with Gasteiger partial charge in [0.05, 0.1) is 5.56 Å². The number of nitrogens with zero attached hydrogens (tertiary/aromatic N) is 1. The number of nitrogens with one attached hydrogen (secondary N) is 1. The predicted octanol–water partition coefficient (Wildman–Crippen LogP) is 6.78. The van der Waals surface area contributed by atoms with Gasteiger partial charge in [-0.1, -0.05) is 72.8 Å². The standard InChI is InChI=1S/C31H30F2N2O2/c1-20(25-13-7-11-21-10-5-6-12-26(21)25)34-18-23-14-15-35(19-27(23)22-8-3-2-4-9-22)30-28(32)16-24(31(36)37)17-29(30)33/h2-13,16-17,20,23,27,34H,14-15,18-19H2,1H3,(H,36,37)/t20-,23?,27?/m1/s1. The Morgan fingerprint density at radius 1 is 1.00 bits per heavy atom. The van der Waals surface area contributed by atoms with Crippen LogP contribution >= 0.6 is 0 Å². The molecule has 4 nitrogen and oxygen atoms in total. The highest BCUT2D eigenvalue weighted by Crippen LogP contribution is 2.37. The van der Waals surface area contributed by atoms with Crippen LogP contribution in [0.3, 0.4) is 0 Å². The zero-order valence-electron chi connectivity index (χ0n) is 20.7. The molecule has 0 radical (unpaired) electrons. The Labute approximate surface area is 215 Å². The molecule has 1 saturated heterocycles. The lowest BCUT2D eigenvalue weighted by atomic mass is 9.80. The first-order chi connectivity index (χ1) is 17.9. The van der Waals surface area contributed by atoms with E-state index in [4.69, 9.17) is 5.11 Å². The number of aromatic carboxylic acids is 1. The topological polar surface area (TPSA) is 52.6 Å². The van der Waals surface area contributed by atoms with E-state index in [0.29, 0.717) is 13.1 Å². The highest BCUT2D eigenvalue weighted by Gasteiger charge is 2.33. The molecule has 0 amide bonds. The van der Waals surface area contributed by atoms with Crippen LogP contribution in [0.4, 0.5) is 14.5 Å². The monoisotopic (exact) mass is 500 g/mol. The fourth-order valence-electron chi connectivity index (χ4n) is 5.58. The van der Waals surface area contributed by atoms with Crippen LogP contribution in [-0.4, -0.2) is 30.7 Å². The van der Waals surface area contributed by atoms with Crippen molar-refractivity contribution in [2.75, 3.05) is 24.5 Å². The molecule has 1 aliphatic heterocycles. The van der Waals surface area contributed by atoms with Gasteiger partial charge in [-0.05, 0) is 59.8 Å². The van der Waals surface area contributed by atoms with Gasteiger partial charge >= 0.3 is 5.97 Å². The number of rotatable bonds is 7. The van der Waals surface area contributed by atoms with E-state index in [2.05, 4.69) is 60.8 Å². The normalized spacial score (nSPS) is 18.6. The highest BCUT2D eigenvalue weighted by molar-refractivity contribution is 5.88. The predicted molar refractivity (Wildman–Crippen MR) is 143 cm³/mol. The van der Waals surface area contributed by atoms with Crippen LogP contribution in [-0.2, 0) is 0 Å². The smallest absolute Gasteiger partial charge is 0.335 e. The molecule has 1 fully saturated rings. The lowest BCUT2D eigenvalue weighted by molar-refractivity contribution is 0.0695. The average Bonchev–Trinajstić information content (AvgIpc) is 2.91. The number of carboxylic acids is 1. The maximum absolute atomic E-state index is 14.9. The number of hydrogen-bond donors (Lipinski definition) is 2. The fourth-order valence-corrected chi connectivity index (χ4v) is 5.58. The molecular formula is C31H30F2N2O2. The fraction of sp³-hybridized carbons (Fsp3) is 0.258. The summed E-state index contributed by atoms with van der Waals surface area (Å²) in [5.41, 5.74) is 1.83. The number of anilines is 1. The van der Waals surface area contributed by atoms with Crippen molar-refractivity contribution in [1.29, 1.82) is 0 Å². The Morgan fingerprint density at radius 2 is 1.68 bits per heavy atom. The minimum absolute atomic E-state index is 0.0557. The first-order valence-corrected chi connectivity index (χ1v) is 12.7. The minimum Gasteiger partial charge on any atom is -0.478 e. The van der Waals surface area contributed by atoms with E-state index in [1.165, 1.54) is 16.3 Å². The van der Waals surface area contributed by atoms with E-state index in [0.717, 1.165) is 30.7 Å². The summed E-state index contributed by atoms with van der Waals surface area (Å²) < 4.78 is 29.8. The van der Waals surface area contributed by atoms with Crippen molar-refractivity contribution in [3.63, 3.8) is 0 Å². The van der Waals surface area contributed by atoms with Gasteiger partial charge in [-0.15, -0.1) is 0 Å². The molecule has 190 valence electrons. The number of fused-ring (bicyclic) bond motifs is 1. The third kappa shape index (κ3) is 5.20. The Balaban J connectivity index is 1.37. The summed E-state index contributed by atoms with van der Waals surface area (Å²) in [7, 11) is 0. The molecule has 1 aliphatic rings. The molecule has 4 aromatic rings. The van der Waals surface area contributed by atoms with Gasteiger partial charge in [0.1, 0.15) is 17.3 Å². The van der Waals surface area contributed by atoms with Crippen LogP contribution in [0.2, 0.25) is 0 Å². The Bertz CT molecular complexity index is 1380. The van der Waals surface area contributed by atoms with Crippen molar-refractivity contribution in [3.05, 3.63) is 113 Å². The van der Waals surface area contributed by atoms with E-state index in [1.54, 1.807) is 4.90 Å². The number of piperidine rings is 1. The molecule has 3 atom stereocenters. The van der Waals surface area contributed by atoms with Gasteiger partial charge in [-0.3, -0.25) is 0 Å². The number of carboxylic acid groups (broad SMARTS) is 1. The Morgan fingerprint density at radius 3 is 2.41 bits per heavy atom. The minimum atomic E-state index is -1.35. The SMILES string of the molecule is C[C@@H](NCC1CCN(c2c(F)cc(C(=O)O)cc2F)CC1c1ccccc1)c1cccc2ccccc12. The zero-order valence-corrected chi connectivity index (χ0v) is 20.7. The van der Waals surface area contributed by atoms with Crippen molar-refractivity contribution < 1.29 is 18.7 Å². The van der Waals surface area contributed by atoms with Crippen LogP contribution < -0.4 is 10.2 Å². The number of carbonyl (C=O) groups is 1.